The predicted molar refractivity (Wildman–Crippen MR) is 69.9 cm³/mol. The van der Waals surface area contributed by atoms with E-state index in [0.717, 1.165) is 22.8 Å². The molecule has 2 heterocycles. The van der Waals surface area contributed by atoms with Crippen molar-refractivity contribution >= 4 is 6.08 Å². The Morgan fingerprint density at radius 3 is 3.11 bits per heavy atom. The average molecular weight is 258 g/mol. The highest BCUT2D eigenvalue weighted by molar-refractivity contribution is 5.62. The number of rotatable bonds is 4. The molecule has 0 saturated carbocycles. The fourth-order valence-electron chi connectivity index (χ4n) is 1.93. The van der Waals surface area contributed by atoms with Gasteiger partial charge in [0, 0.05) is 24.9 Å². The summed E-state index contributed by atoms with van der Waals surface area (Å²) in [4.78, 5) is 0. The molecule has 5 heteroatoms. The molecule has 0 aliphatic carbocycles. The van der Waals surface area contributed by atoms with E-state index in [4.69, 9.17) is 14.2 Å². The molecule has 0 radical (unpaired) electrons. The first-order chi connectivity index (χ1) is 9.36. The van der Waals surface area contributed by atoms with Gasteiger partial charge >= 0.3 is 0 Å². The molecule has 0 amide bonds. The summed E-state index contributed by atoms with van der Waals surface area (Å²) in [6, 6.07) is 7.61. The van der Waals surface area contributed by atoms with Crippen molar-refractivity contribution in [3.63, 3.8) is 0 Å². The van der Waals surface area contributed by atoms with Gasteiger partial charge in [-0.3, -0.25) is 5.10 Å². The van der Waals surface area contributed by atoms with E-state index in [1.54, 1.807) is 13.3 Å². The van der Waals surface area contributed by atoms with Gasteiger partial charge in [-0.05, 0) is 24.3 Å². The van der Waals surface area contributed by atoms with Crippen LogP contribution in [0.1, 0.15) is 17.4 Å². The normalized spacial score (nSPS) is 16.8. The molecule has 0 bridgehead atoms. The minimum Gasteiger partial charge on any atom is -0.479 e. The van der Waals surface area contributed by atoms with E-state index in [1.807, 2.05) is 36.4 Å². The molecule has 1 aromatic carbocycles. The van der Waals surface area contributed by atoms with Crippen LogP contribution in [0.5, 0.6) is 11.5 Å². The molecular formula is C14H14N2O3. The van der Waals surface area contributed by atoms with Crippen LogP contribution in [-0.4, -0.2) is 24.1 Å². The second-order valence-corrected chi connectivity index (χ2v) is 4.16. The molecule has 1 aliphatic heterocycles. The van der Waals surface area contributed by atoms with Crippen LogP contribution in [0.4, 0.5) is 0 Å². The molecule has 98 valence electrons. The Morgan fingerprint density at radius 2 is 2.32 bits per heavy atom. The summed E-state index contributed by atoms with van der Waals surface area (Å²) >= 11 is 0. The lowest BCUT2D eigenvalue weighted by molar-refractivity contribution is 0.0508. The molecule has 2 aromatic rings. The number of fused-ring (bicyclic) bond motifs is 1. The number of hydrogen-bond acceptors (Lipinski definition) is 4. The lowest BCUT2D eigenvalue weighted by Crippen LogP contribution is -2.09. The number of aromatic nitrogens is 2. The van der Waals surface area contributed by atoms with Gasteiger partial charge in [0.25, 0.3) is 0 Å². The summed E-state index contributed by atoms with van der Waals surface area (Å²) in [5, 5.41) is 6.84. The van der Waals surface area contributed by atoms with Crippen molar-refractivity contribution in [2.24, 2.45) is 0 Å². The van der Waals surface area contributed by atoms with Crippen LogP contribution in [0.25, 0.3) is 6.08 Å². The monoisotopic (exact) mass is 258 g/mol. The average Bonchev–Trinajstić information content (AvgIpc) is 2.98. The van der Waals surface area contributed by atoms with Crippen LogP contribution in [0.3, 0.4) is 0 Å². The Labute approximate surface area is 110 Å². The van der Waals surface area contributed by atoms with Crippen LogP contribution in [-0.2, 0) is 4.74 Å². The van der Waals surface area contributed by atoms with Crippen LogP contribution >= 0.6 is 0 Å². The largest absolute Gasteiger partial charge is 0.479 e. The Morgan fingerprint density at radius 1 is 1.37 bits per heavy atom. The molecule has 1 N–H and O–H groups in total. The molecule has 3 rings (SSSR count). The Bertz CT molecular complexity index is 578. The van der Waals surface area contributed by atoms with Crippen molar-refractivity contribution in [2.75, 3.05) is 13.9 Å². The van der Waals surface area contributed by atoms with Crippen LogP contribution in [0.2, 0.25) is 0 Å². The summed E-state index contributed by atoms with van der Waals surface area (Å²) in [7, 11) is 1.59. The summed E-state index contributed by atoms with van der Waals surface area (Å²) < 4.78 is 16.2. The summed E-state index contributed by atoms with van der Waals surface area (Å²) in [6.45, 7) is 0.221. The molecule has 19 heavy (non-hydrogen) atoms. The van der Waals surface area contributed by atoms with Crippen molar-refractivity contribution in [3.8, 4) is 11.5 Å². The number of nitrogens with zero attached hydrogens (tertiary/aromatic N) is 1. The van der Waals surface area contributed by atoms with Gasteiger partial charge in [0.2, 0.25) is 0 Å². The first kappa shape index (κ1) is 11.8. The third-order valence-corrected chi connectivity index (χ3v) is 2.86. The summed E-state index contributed by atoms with van der Waals surface area (Å²) in [6.07, 6.45) is 5.59. The van der Waals surface area contributed by atoms with E-state index in [9.17, 15) is 0 Å². The second kappa shape index (κ2) is 5.16. The molecule has 1 unspecified atom stereocenters. The third-order valence-electron chi connectivity index (χ3n) is 2.86. The zero-order valence-corrected chi connectivity index (χ0v) is 10.5. The SMILES string of the molecule is COCOc1ccc2c(c1)OC(c1ccn[nH]1)C=C2. The molecule has 0 fully saturated rings. The topological polar surface area (TPSA) is 56.4 Å². The van der Waals surface area contributed by atoms with Crippen molar-refractivity contribution in [1.29, 1.82) is 0 Å². The van der Waals surface area contributed by atoms with E-state index in [2.05, 4.69) is 10.2 Å². The van der Waals surface area contributed by atoms with Gasteiger partial charge in [0.15, 0.2) is 12.9 Å². The number of ether oxygens (including phenoxy) is 3. The summed E-state index contributed by atoms with van der Waals surface area (Å²) in [5.41, 5.74) is 1.95. The lowest BCUT2D eigenvalue weighted by atomic mass is 10.1. The standard InChI is InChI=1S/C14H14N2O3/c1-17-9-18-11-4-2-10-3-5-13(19-14(10)8-11)12-6-7-15-16-12/h2-8,13H,9H2,1H3,(H,15,16). The number of hydrogen-bond donors (Lipinski definition) is 1. The highest BCUT2D eigenvalue weighted by Crippen LogP contribution is 2.34. The zero-order valence-electron chi connectivity index (χ0n) is 10.5. The third kappa shape index (κ3) is 2.46. The van der Waals surface area contributed by atoms with Gasteiger partial charge in [-0.25, -0.2) is 0 Å². The number of benzene rings is 1. The minimum atomic E-state index is -0.146. The zero-order chi connectivity index (χ0) is 13.1. The van der Waals surface area contributed by atoms with Crippen molar-refractivity contribution in [3.05, 3.63) is 47.8 Å². The molecule has 0 saturated heterocycles. The lowest BCUT2D eigenvalue weighted by Gasteiger charge is -2.21. The number of aromatic amines is 1. The first-order valence-electron chi connectivity index (χ1n) is 5.97. The van der Waals surface area contributed by atoms with Crippen molar-refractivity contribution < 1.29 is 14.2 Å². The Balaban J connectivity index is 1.82. The minimum absolute atomic E-state index is 0.146. The fourth-order valence-corrected chi connectivity index (χ4v) is 1.93. The Hall–Kier alpha value is -2.27. The van der Waals surface area contributed by atoms with E-state index in [-0.39, 0.29) is 12.9 Å². The number of nitrogens with one attached hydrogen (secondary N) is 1. The van der Waals surface area contributed by atoms with Gasteiger partial charge in [0.1, 0.15) is 11.5 Å². The summed E-state index contributed by atoms with van der Waals surface area (Å²) in [5.74, 6) is 1.51. The predicted octanol–water partition coefficient (Wildman–Crippen LogP) is 2.54. The smallest absolute Gasteiger partial charge is 0.188 e. The molecule has 1 atom stereocenters. The van der Waals surface area contributed by atoms with Crippen LogP contribution in [0.15, 0.2) is 36.5 Å². The van der Waals surface area contributed by atoms with Gasteiger partial charge in [-0.15, -0.1) is 0 Å². The number of H-pyrrole nitrogens is 1. The highest BCUT2D eigenvalue weighted by Gasteiger charge is 2.18. The Kier molecular flexibility index (Phi) is 3.20. The van der Waals surface area contributed by atoms with Gasteiger partial charge < -0.3 is 14.2 Å². The van der Waals surface area contributed by atoms with Crippen molar-refractivity contribution in [1.82, 2.24) is 10.2 Å². The quantitative estimate of drug-likeness (QED) is 0.856. The maximum atomic E-state index is 5.92. The van der Waals surface area contributed by atoms with E-state index in [1.165, 1.54) is 0 Å². The second-order valence-electron chi connectivity index (χ2n) is 4.16. The molecular weight excluding hydrogens is 244 g/mol. The molecule has 1 aromatic heterocycles. The van der Waals surface area contributed by atoms with Crippen LogP contribution < -0.4 is 9.47 Å². The molecule has 5 nitrogen and oxygen atoms in total. The van der Waals surface area contributed by atoms with Crippen molar-refractivity contribution in [2.45, 2.75) is 6.10 Å². The van der Waals surface area contributed by atoms with Gasteiger partial charge in [-0.1, -0.05) is 6.08 Å². The van der Waals surface area contributed by atoms with Crippen LogP contribution in [0, 0.1) is 0 Å². The maximum Gasteiger partial charge on any atom is 0.188 e. The van der Waals surface area contributed by atoms with E-state index < -0.39 is 0 Å². The molecule has 0 spiro atoms. The first-order valence-corrected chi connectivity index (χ1v) is 5.97. The maximum absolute atomic E-state index is 5.92. The van der Waals surface area contributed by atoms with E-state index in [0.29, 0.717) is 0 Å². The number of methoxy groups -OCH3 is 1. The van der Waals surface area contributed by atoms with Gasteiger partial charge in [0.05, 0.1) is 5.69 Å². The van der Waals surface area contributed by atoms with Gasteiger partial charge in [-0.2, -0.15) is 5.10 Å². The van der Waals surface area contributed by atoms with E-state index >= 15 is 0 Å². The molecule has 1 aliphatic rings. The highest BCUT2D eigenvalue weighted by atomic mass is 16.7. The fraction of sp³-hybridized carbons (Fsp3) is 0.214.